The molecule has 0 amide bonds. The fourth-order valence-electron chi connectivity index (χ4n) is 1.23. The first-order valence-corrected chi connectivity index (χ1v) is 6.40. The van der Waals surface area contributed by atoms with Gasteiger partial charge in [-0.3, -0.25) is 10.1 Å². The first kappa shape index (κ1) is 11.2. The second-order valence-corrected chi connectivity index (χ2v) is 4.75. The molecule has 0 bridgehead atoms. The SMILES string of the molecule is O=[N+]([O-])c1ccc(-c2ncc(CBr)s2)cc1. The van der Waals surface area contributed by atoms with Crippen molar-refractivity contribution in [3.63, 3.8) is 0 Å². The molecule has 0 atom stereocenters. The largest absolute Gasteiger partial charge is 0.269 e. The van der Waals surface area contributed by atoms with Gasteiger partial charge in [-0.15, -0.1) is 11.3 Å². The van der Waals surface area contributed by atoms with E-state index in [0.717, 1.165) is 20.8 Å². The zero-order chi connectivity index (χ0) is 11.5. The van der Waals surface area contributed by atoms with Crippen molar-refractivity contribution in [1.82, 2.24) is 4.98 Å². The molecule has 2 aromatic rings. The lowest BCUT2D eigenvalue weighted by atomic mass is 10.2. The van der Waals surface area contributed by atoms with Crippen molar-refractivity contribution in [1.29, 1.82) is 0 Å². The van der Waals surface area contributed by atoms with E-state index < -0.39 is 4.92 Å². The molecule has 0 radical (unpaired) electrons. The van der Waals surface area contributed by atoms with E-state index in [4.69, 9.17) is 0 Å². The fraction of sp³-hybridized carbons (Fsp3) is 0.100. The van der Waals surface area contributed by atoms with Crippen LogP contribution in [0.15, 0.2) is 30.5 Å². The summed E-state index contributed by atoms with van der Waals surface area (Å²) >= 11 is 4.93. The van der Waals surface area contributed by atoms with Crippen molar-refractivity contribution in [2.45, 2.75) is 5.33 Å². The molecular weight excluding hydrogens is 292 g/mol. The van der Waals surface area contributed by atoms with Crippen LogP contribution in [0.25, 0.3) is 10.6 Å². The van der Waals surface area contributed by atoms with Gasteiger partial charge in [-0.25, -0.2) is 4.98 Å². The summed E-state index contributed by atoms with van der Waals surface area (Å²) in [6.45, 7) is 0. The van der Waals surface area contributed by atoms with Gasteiger partial charge in [-0.2, -0.15) is 0 Å². The fourth-order valence-corrected chi connectivity index (χ4v) is 2.48. The van der Waals surface area contributed by atoms with Gasteiger partial charge in [0.15, 0.2) is 0 Å². The van der Waals surface area contributed by atoms with Gasteiger partial charge >= 0.3 is 0 Å². The average Bonchev–Trinajstić information content (AvgIpc) is 2.77. The molecule has 1 aromatic carbocycles. The highest BCUT2D eigenvalue weighted by molar-refractivity contribution is 9.08. The molecule has 0 N–H and O–H groups in total. The Kier molecular flexibility index (Phi) is 3.31. The van der Waals surface area contributed by atoms with E-state index in [0.29, 0.717) is 0 Å². The molecule has 4 nitrogen and oxygen atoms in total. The van der Waals surface area contributed by atoms with Gasteiger partial charge in [0.25, 0.3) is 5.69 Å². The number of thiazole rings is 1. The van der Waals surface area contributed by atoms with Crippen LogP contribution in [0, 0.1) is 10.1 Å². The van der Waals surface area contributed by atoms with E-state index >= 15 is 0 Å². The molecule has 0 spiro atoms. The number of benzene rings is 1. The Balaban J connectivity index is 2.30. The lowest BCUT2D eigenvalue weighted by Crippen LogP contribution is -1.86. The maximum absolute atomic E-state index is 10.5. The number of hydrogen-bond donors (Lipinski definition) is 0. The molecule has 1 heterocycles. The summed E-state index contributed by atoms with van der Waals surface area (Å²) in [5.74, 6) is 0. The normalized spacial score (nSPS) is 10.3. The Morgan fingerprint density at radius 3 is 2.56 bits per heavy atom. The summed E-state index contributed by atoms with van der Waals surface area (Å²) < 4.78 is 0. The Bertz CT molecular complexity index is 510. The van der Waals surface area contributed by atoms with Crippen molar-refractivity contribution in [3.05, 3.63) is 45.5 Å². The number of aromatic nitrogens is 1. The molecule has 0 unspecified atom stereocenters. The van der Waals surface area contributed by atoms with Crippen molar-refractivity contribution < 1.29 is 4.92 Å². The Morgan fingerprint density at radius 1 is 1.38 bits per heavy atom. The predicted octanol–water partition coefficient (Wildman–Crippen LogP) is 3.61. The Labute approximate surface area is 104 Å². The highest BCUT2D eigenvalue weighted by Gasteiger charge is 2.07. The lowest BCUT2D eigenvalue weighted by molar-refractivity contribution is -0.384. The number of non-ortho nitro benzene ring substituents is 1. The monoisotopic (exact) mass is 298 g/mol. The summed E-state index contributed by atoms with van der Waals surface area (Å²) in [5.41, 5.74) is 1.00. The van der Waals surface area contributed by atoms with E-state index in [1.807, 2.05) is 0 Å². The molecule has 82 valence electrons. The van der Waals surface area contributed by atoms with Crippen LogP contribution in [0.1, 0.15) is 4.88 Å². The third kappa shape index (κ3) is 2.28. The minimum absolute atomic E-state index is 0.0982. The highest BCUT2D eigenvalue weighted by Crippen LogP contribution is 2.27. The zero-order valence-corrected chi connectivity index (χ0v) is 10.5. The number of nitro groups is 1. The summed E-state index contributed by atoms with van der Waals surface area (Å²) in [6, 6.07) is 6.42. The molecule has 6 heteroatoms. The van der Waals surface area contributed by atoms with Crippen molar-refractivity contribution >= 4 is 33.0 Å². The third-order valence-corrected chi connectivity index (χ3v) is 4.03. The number of rotatable bonds is 3. The smallest absolute Gasteiger partial charge is 0.258 e. The van der Waals surface area contributed by atoms with E-state index in [2.05, 4.69) is 20.9 Å². The van der Waals surface area contributed by atoms with Gasteiger partial charge in [0.1, 0.15) is 5.01 Å². The minimum atomic E-state index is -0.407. The first-order chi connectivity index (χ1) is 7.70. The number of nitro benzene ring substituents is 1. The van der Waals surface area contributed by atoms with Crippen LogP contribution in [0.2, 0.25) is 0 Å². The van der Waals surface area contributed by atoms with E-state index in [1.54, 1.807) is 29.7 Å². The zero-order valence-electron chi connectivity index (χ0n) is 8.09. The average molecular weight is 299 g/mol. The summed E-state index contributed by atoms with van der Waals surface area (Å²) in [5, 5.41) is 12.1. The standard InChI is InChI=1S/C10H7BrN2O2S/c11-5-9-6-12-10(16-9)7-1-3-8(4-2-7)13(14)15/h1-4,6H,5H2. The van der Waals surface area contributed by atoms with Crippen LogP contribution < -0.4 is 0 Å². The molecular formula is C10H7BrN2O2S. The van der Waals surface area contributed by atoms with E-state index in [-0.39, 0.29) is 5.69 Å². The van der Waals surface area contributed by atoms with Crippen molar-refractivity contribution in [2.75, 3.05) is 0 Å². The molecule has 0 saturated carbocycles. The third-order valence-electron chi connectivity index (χ3n) is 2.01. The van der Waals surface area contributed by atoms with Crippen molar-refractivity contribution in [3.8, 4) is 10.6 Å². The van der Waals surface area contributed by atoms with Gasteiger partial charge in [0, 0.05) is 34.1 Å². The number of halogens is 1. The van der Waals surface area contributed by atoms with Crippen LogP contribution in [0.3, 0.4) is 0 Å². The second kappa shape index (κ2) is 4.71. The maximum Gasteiger partial charge on any atom is 0.269 e. The maximum atomic E-state index is 10.5. The van der Waals surface area contributed by atoms with Crippen LogP contribution in [0.5, 0.6) is 0 Å². The van der Waals surface area contributed by atoms with Crippen LogP contribution in [-0.2, 0) is 5.33 Å². The minimum Gasteiger partial charge on any atom is -0.258 e. The van der Waals surface area contributed by atoms with Crippen molar-refractivity contribution in [2.24, 2.45) is 0 Å². The summed E-state index contributed by atoms with van der Waals surface area (Å²) in [6.07, 6.45) is 1.80. The lowest BCUT2D eigenvalue weighted by Gasteiger charge is -1.95. The molecule has 1 aromatic heterocycles. The van der Waals surface area contributed by atoms with Gasteiger partial charge < -0.3 is 0 Å². The first-order valence-electron chi connectivity index (χ1n) is 4.46. The van der Waals surface area contributed by atoms with Crippen LogP contribution in [-0.4, -0.2) is 9.91 Å². The molecule has 0 aliphatic rings. The number of nitrogens with zero attached hydrogens (tertiary/aromatic N) is 2. The molecule has 16 heavy (non-hydrogen) atoms. The number of hydrogen-bond acceptors (Lipinski definition) is 4. The summed E-state index contributed by atoms with van der Waals surface area (Å²) in [7, 11) is 0. The van der Waals surface area contributed by atoms with E-state index in [9.17, 15) is 10.1 Å². The quantitative estimate of drug-likeness (QED) is 0.494. The molecule has 0 saturated heterocycles. The van der Waals surface area contributed by atoms with Gasteiger partial charge in [-0.1, -0.05) is 15.9 Å². The topological polar surface area (TPSA) is 56.0 Å². The van der Waals surface area contributed by atoms with Gasteiger partial charge in [0.05, 0.1) is 4.92 Å². The molecule has 0 aliphatic carbocycles. The molecule has 0 fully saturated rings. The Morgan fingerprint density at radius 2 is 2.06 bits per heavy atom. The van der Waals surface area contributed by atoms with E-state index in [1.165, 1.54) is 12.1 Å². The predicted molar refractivity (Wildman–Crippen MR) is 66.8 cm³/mol. The second-order valence-electron chi connectivity index (χ2n) is 3.07. The Hall–Kier alpha value is -1.27. The van der Waals surface area contributed by atoms with Gasteiger partial charge in [0.2, 0.25) is 0 Å². The number of alkyl halides is 1. The molecule has 2 rings (SSSR count). The van der Waals surface area contributed by atoms with Crippen LogP contribution >= 0.6 is 27.3 Å². The highest BCUT2D eigenvalue weighted by atomic mass is 79.9. The molecule has 0 aliphatic heterocycles. The van der Waals surface area contributed by atoms with Crippen LogP contribution in [0.4, 0.5) is 5.69 Å². The van der Waals surface area contributed by atoms with Gasteiger partial charge in [-0.05, 0) is 12.1 Å². The summed E-state index contributed by atoms with van der Waals surface area (Å²) in [4.78, 5) is 15.5.